The van der Waals surface area contributed by atoms with E-state index in [1.807, 2.05) is 4.90 Å². The van der Waals surface area contributed by atoms with Crippen LogP contribution in [0, 0.1) is 0 Å². The highest BCUT2D eigenvalue weighted by atomic mass is 16.2. The first-order valence-corrected chi connectivity index (χ1v) is 9.79. The average Bonchev–Trinajstić information content (AvgIpc) is 2.52. The largest absolute Gasteiger partial charge is 0.338 e. The molecule has 0 aliphatic rings. The molecule has 0 saturated heterocycles. The van der Waals surface area contributed by atoms with E-state index in [2.05, 4.69) is 26.1 Å². The standard InChI is InChI=1S/C19H40N2O/c1-4-7-8-9-10-11-12-13-14-15-16-20-19(22)21(17-5-2)18-6-3/h4-18H2,1-3H3,(H,20,22). The van der Waals surface area contributed by atoms with Crippen molar-refractivity contribution in [1.82, 2.24) is 10.2 Å². The molecule has 0 saturated carbocycles. The molecule has 22 heavy (non-hydrogen) atoms. The molecule has 0 rings (SSSR count). The third-order valence-electron chi connectivity index (χ3n) is 4.08. The van der Waals surface area contributed by atoms with Crippen molar-refractivity contribution in [2.75, 3.05) is 19.6 Å². The van der Waals surface area contributed by atoms with Crippen LogP contribution in [0.1, 0.15) is 97.8 Å². The van der Waals surface area contributed by atoms with Crippen LogP contribution in [0.4, 0.5) is 4.79 Å². The second-order valence-corrected chi connectivity index (χ2v) is 6.40. The Labute approximate surface area is 139 Å². The molecular weight excluding hydrogens is 272 g/mol. The number of nitrogens with one attached hydrogen (secondary N) is 1. The number of carbonyl (C=O) groups is 1. The van der Waals surface area contributed by atoms with Crippen LogP contribution in [0.2, 0.25) is 0 Å². The van der Waals surface area contributed by atoms with Crippen molar-refractivity contribution >= 4 is 6.03 Å². The number of amides is 2. The molecule has 0 aromatic carbocycles. The van der Waals surface area contributed by atoms with E-state index in [9.17, 15) is 4.79 Å². The number of rotatable bonds is 15. The predicted octanol–water partition coefficient (Wildman–Crippen LogP) is 5.74. The van der Waals surface area contributed by atoms with Gasteiger partial charge in [-0.3, -0.25) is 0 Å². The van der Waals surface area contributed by atoms with Gasteiger partial charge in [-0.25, -0.2) is 4.79 Å². The van der Waals surface area contributed by atoms with E-state index in [0.717, 1.165) is 38.9 Å². The van der Waals surface area contributed by atoms with Crippen LogP contribution in [0.5, 0.6) is 0 Å². The fourth-order valence-electron chi connectivity index (χ4n) is 2.77. The van der Waals surface area contributed by atoms with Crippen molar-refractivity contribution in [3.8, 4) is 0 Å². The molecule has 0 aromatic heterocycles. The SMILES string of the molecule is CCCCCCCCCCCCNC(=O)N(CCC)CCC. The van der Waals surface area contributed by atoms with Crippen LogP contribution in [0.25, 0.3) is 0 Å². The minimum atomic E-state index is 0.125. The van der Waals surface area contributed by atoms with Crippen LogP contribution >= 0.6 is 0 Å². The first-order valence-electron chi connectivity index (χ1n) is 9.79. The number of urea groups is 1. The monoisotopic (exact) mass is 312 g/mol. The van der Waals surface area contributed by atoms with Gasteiger partial charge < -0.3 is 10.2 Å². The topological polar surface area (TPSA) is 32.3 Å². The van der Waals surface area contributed by atoms with Gasteiger partial charge >= 0.3 is 6.03 Å². The minimum Gasteiger partial charge on any atom is -0.338 e. The molecule has 0 unspecified atom stereocenters. The number of carbonyl (C=O) groups excluding carboxylic acids is 1. The molecule has 1 N–H and O–H groups in total. The molecule has 0 aliphatic carbocycles. The van der Waals surface area contributed by atoms with Crippen molar-refractivity contribution in [3.05, 3.63) is 0 Å². The summed E-state index contributed by atoms with van der Waals surface area (Å²) in [6.07, 6.45) is 15.4. The second-order valence-electron chi connectivity index (χ2n) is 6.40. The van der Waals surface area contributed by atoms with E-state index in [1.54, 1.807) is 0 Å². The Bertz CT molecular complexity index is 238. The summed E-state index contributed by atoms with van der Waals surface area (Å²) in [5.74, 6) is 0. The Balaban J connectivity index is 3.39. The number of hydrogen-bond donors (Lipinski definition) is 1. The Morgan fingerprint density at radius 2 is 1.14 bits per heavy atom. The maximum Gasteiger partial charge on any atom is 0.317 e. The third kappa shape index (κ3) is 13.0. The van der Waals surface area contributed by atoms with Gasteiger partial charge in [0.05, 0.1) is 0 Å². The number of unbranched alkanes of at least 4 members (excludes halogenated alkanes) is 9. The zero-order valence-corrected chi connectivity index (χ0v) is 15.5. The Kier molecular flexibility index (Phi) is 16.1. The Morgan fingerprint density at radius 1 is 0.682 bits per heavy atom. The van der Waals surface area contributed by atoms with Crippen molar-refractivity contribution in [3.63, 3.8) is 0 Å². The molecular formula is C19H40N2O. The summed E-state index contributed by atoms with van der Waals surface area (Å²) in [4.78, 5) is 13.9. The summed E-state index contributed by atoms with van der Waals surface area (Å²) in [6.45, 7) is 9.09. The maximum atomic E-state index is 12.0. The number of hydrogen-bond acceptors (Lipinski definition) is 1. The minimum absolute atomic E-state index is 0.125. The van der Waals surface area contributed by atoms with Crippen LogP contribution in [0.15, 0.2) is 0 Å². The third-order valence-corrected chi connectivity index (χ3v) is 4.08. The summed E-state index contributed by atoms with van der Waals surface area (Å²) < 4.78 is 0. The van der Waals surface area contributed by atoms with Gasteiger partial charge in [0.15, 0.2) is 0 Å². The smallest absolute Gasteiger partial charge is 0.317 e. The van der Waals surface area contributed by atoms with Crippen molar-refractivity contribution in [2.24, 2.45) is 0 Å². The lowest BCUT2D eigenvalue weighted by Crippen LogP contribution is -2.41. The highest BCUT2D eigenvalue weighted by Gasteiger charge is 2.09. The summed E-state index contributed by atoms with van der Waals surface area (Å²) in [6, 6.07) is 0.125. The second kappa shape index (κ2) is 16.6. The summed E-state index contributed by atoms with van der Waals surface area (Å²) in [7, 11) is 0. The highest BCUT2D eigenvalue weighted by Crippen LogP contribution is 2.10. The molecule has 0 atom stereocenters. The Hall–Kier alpha value is -0.730. The zero-order valence-electron chi connectivity index (χ0n) is 15.5. The molecule has 0 heterocycles. The molecule has 132 valence electrons. The summed E-state index contributed by atoms with van der Waals surface area (Å²) in [5, 5.41) is 3.06. The van der Waals surface area contributed by atoms with Gasteiger partial charge in [-0.05, 0) is 19.3 Å². The van der Waals surface area contributed by atoms with Gasteiger partial charge in [0, 0.05) is 19.6 Å². The van der Waals surface area contributed by atoms with Crippen molar-refractivity contribution in [2.45, 2.75) is 97.8 Å². The zero-order chi connectivity index (χ0) is 16.5. The summed E-state index contributed by atoms with van der Waals surface area (Å²) in [5.41, 5.74) is 0. The molecule has 0 aromatic rings. The lowest BCUT2D eigenvalue weighted by atomic mass is 10.1. The van der Waals surface area contributed by atoms with Gasteiger partial charge in [-0.2, -0.15) is 0 Å². The van der Waals surface area contributed by atoms with E-state index in [4.69, 9.17) is 0 Å². The van der Waals surface area contributed by atoms with Crippen molar-refractivity contribution < 1.29 is 4.79 Å². The first-order chi connectivity index (χ1) is 10.8. The molecule has 3 nitrogen and oxygen atoms in total. The van der Waals surface area contributed by atoms with E-state index in [-0.39, 0.29) is 6.03 Å². The van der Waals surface area contributed by atoms with Crippen LogP contribution in [0.3, 0.4) is 0 Å². The van der Waals surface area contributed by atoms with Crippen molar-refractivity contribution in [1.29, 1.82) is 0 Å². The molecule has 0 aliphatic heterocycles. The van der Waals surface area contributed by atoms with Crippen LogP contribution < -0.4 is 5.32 Å². The molecule has 0 radical (unpaired) electrons. The predicted molar refractivity (Wildman–Crippen MR) is 97.4 cm³/mol. The molecule has 0 fully saturated rings. The number of nitrogens with zero attached hydrogens (tertiary/aromatic N) is 1. The normalized spacial score (nSPS) is 10.7. The van der Waals surface area contributed by atoms with Crippen LogP contribution in [-0.4, -0.2) is 30.6 Å². The lowest BCUT2D eigenvalue weighted by Gasteiger charge is -2.21. The molecule has 0 spiro atoms. The van der Waals surface area contributed by atoms with Gasteiger partial charge in [0.1, 0.15) is 0 Å². The highest BCUT2D eigenvalue weighted by molar-refractivity contribution is 5.74. The molecule has 0 bridgehead atoms. The van der Waals surface area contributed by atoms with E-state index in [0.29, 0.717) is 0 Å². The van der Waals surface area contributed by atoms with E-state index >= 15 is 0 Å². The summed E-state index contributed by atoms with van der Waals surface area (Å²) >= 11 is 0. The lowest BCUT2D eigenvalue weighted by molar-refractivity contribution is 0.197. The fourth-order valence-corrected chi connectivity index (χ4v) is 2.77. The van der Waals surface area contributed by atoms with Crippen LogP contribution in [-0.2, 0) is 0 Å². The molecule has 2 amide bonds. The maximum absolute atomic E-state index is 12.0. The van der Waals surface area contributed by atoms with E-state index < -0.39 is 0 Å². The first kappa shape index (κ1) is 21.3. The Morgan fingerprint density at radius 3 is 1.59 bits per heavy atom. The van der Waals surface area contributed by atoms with Gasteiger partial charge in [-0.1, -0.05) is 78.6 Å². The van der Waals surface area contributed by atoms with E-state index in [1.165, 1.54) is 57.8 Å². The molecule has 3 heteroatoms. The van der Waals surface area contributed by atoms with Gasteiger partial charge in [0.25, 0.3) is 0 Å². The average molecular weight is 313 g/mol. The van der Waals surface area contributed by atoms with Gasteiger partial charge in [-0.15, -0.1) is 0 Å². The quantitative estimate of drug-likeness (QED) is 0.384. The fraction of sp³-hybridized carbons (Fsp3) is 0.947. The van der Waals surface area contributed by atoms with Gasteiger partial charge in [0.2, 0.25) is 0 Å².